The van der Waals surface area contributed by atoms with Gasteiger partial charge in [0, 0.05) is 46.2 Å². The number of carbonyl (C=O) groups excluding carboxylic acids is 1. The molecule has 43 heavy (non-hydrogen) atoms. The number of amides is 1. The first-order chi connectivity index (χ1) is 20.7. The van der Waals surface area contributed by atoms with Crippen LogP contribution in [0, 0.1) is 13.8 Å². The third-order valence-corrected chi connectivity index (χ3v) is 8.62. The van der Waals surface area contributed by atoms with Crippen LogP contribution < -0.4 is 5.32 Å². The summed E-state index contributed by atoms with van der Waals surface area (Å²) in [6, 6.07) is 8.47. The topological polar surface area (TPSA) is 86.5 Å². The molecular formula is C37H41N5O. The molecule has 220 valence electrons. The standard InChI is InChI=1S/C37H41N5O/c1-9-13-14-27-23(7)30-17-29-21(5)25(10-2)33(39-29)18-31-22(6)26(11-3)34(40-31)19-32-24(8)28(15-16-37(43)38-12-4)36(42-32)20-35(27)41-30/h9-11,17-20,39-40H,1-3,12-16H2,4-8H3,(H,38,43). The number of nitrogens with one attached hydrogen (secondary N) is 3. The van der Waals surface area contributed by atoms with Crippen LogP contribution in [-0.4, -0.2) is 32.4 Å². The Kier molecular flexibility index (Phi) is 8.49. The maximum absolute atomic E-state index is 12.5. The molecule has 6 heteroatoms. The van der Waals surface area contributed by atoms with E-state index in [0.29, 0.717) is 19.4 Å². The Hall–Kier alpha value is -4.71. The number of nitrogens with zero attached hydrogens (tertiary/aromatic N) is 2. The predicted octanol–water partition coefficient (Wildman–Crippen LogP) is 8.96. The molecule has 0 radical (unpaired) electrons. The van der Waals surface area contributed by atoms with Crippen molar-refractivity contribution < 1.29 is 4.79 Å². The number of aromatic nitrogens is 4. The van der Waals surface area contributed by atoms with Gasteiger partial charge in [0.05, 0.1) is 22.8 Å². The molecule has 6 nitrogen and oxygen atoms in total. The zero-order valence-electron chi connectivity index (χ0n) is 26.0. The molecule has 2 aliphatic heterocycles. The van der Waals surface area contributed by atoms with Crippen molar-refractivity contribution in [2.45, 2.75) is 60.3 Å². The molecule has 0 fully saturated rings. The van der Waals surface area contributed by atoms with Crippen LogP contribution in [0.5, 0.6) is 0 Å². The van der Waals surface area contributed by atoms with E-state index in [0.717, 1.165) is 96.7 Å². The second-order valence-electron chi connectivity index (χ2n) is 11.2. The van der Waals surface area contributed by atoms with E-state index in [2.05, 4.69) is 87.0 Å². The number of aryl methyl sites for hydroxylation is 2. The summed E-state index contributed by atoms with van der Waals surface area (Å²) >= 11 is 0. The molecule has 8 bridgehead atoms. The van der Waals surface area contributed by atoms with Crippen molar-refractivity contribution in [3.8, 4) is 0 Å². The quantitative estimate of drug-likeness (QED) is 0.224. The van der Waals surface area contributed by atoms with E-state index in [9.17, 15) is 4.79 Å². The average Bonchev–Trinajstić information content (AvgIpc) is 3.64. The van der Waals surface area contributed by atoms with Crippen molar-refractivity contribution in [2.75, 3.05) is 6.54 Å². The van der Waals surface area contributed by atoms with Crippen LogP contribution in [0.1, 0.15) is 91.5 Å². The molecule has 2 aliphatic rings. The lowest BCUT2D eigenvalue weighted by Gasteiger charge is -2.06. The molecule has 0 unspecified atom stereocenters. The first kappa shape index (κ1) is 29.8. The second-order valence-corrected chi connectivity index (χ2v) is 11.2. The first-order valence-electron chi connectivity index (χ1n) is 15.0. The highest BCUT2D eigenvalue weighted by molar-refractivity contribution is 5.97. The average molecular weight is 572 g/mol. The SMILES string of the molecule is C=CCCC1=C(C)c2cc3[nH]c(cc4[nH]c(cc5nc(cc1n2)C(CCC(=O)NCC)=C5C)c(C=C)c4C)c(C=C)c3C. The maximum Gasteiger partial charge on any atom is 0.220 e. The molecule has 5 heterocycles. The summed E-state index contributed by atoms with van der Waals surface area (Å²) < 4.78 is 0. The van der Waals surface area contributed by atoms with E-state index in [4.69, 9.17) is 9.97 Å². The molecule has 3 aromatic rings. The largest absolute Gasteiger partial charge is 0.356 e. The fourth-order valence-corrected chi connectivity index (χ4v) is 6.07. The zero-order valence-corrected chi connectivity index (χ0v) is 26.0. The number of aromatic amines is 2. The van der Waals surface area contributed by atoms with Gasteiger partial charge < -0.3 is 15.3 Å². The molecule has 0 saturated carbocycles. The Labute approximate surface area is 254 Å². The van der Waals surface area contributed by atoms with Crippen molar-refractivity contribution >= 4 is 62.4 Å². The summed E-state index contributed by atoms with van der Waals surface area (Å²) in [5.74, 6) is 0.0392. The van der Waals surface area contributed by atoms with E-state index in [1.807, 2.05) is 25.2 Å². The fraction of sp³-hybridized carbons (Fsp3) is 0.270. The van der Waals surface area contributed by atoms with Gasteiger partial charge >= 0.3 is 0 Å². The summed E-state index contributed by atoms with van der Waals surface area (Å²) in [5, 5.41) is 2.93. The lowest BCUT2D eigenvalue weighted by atomic mass is 9.98. The van der Waals surface area contributed by atoms with Crippen molar-refractivity contribution in [3.05, 3.63) is 95.1 Å². The van der Waals surface area contributed by atoms with Crippen LogP contribution in [0.25, 0.3) is 56.5 Å². The first-order valence-corrected chi connectivity index (χ1v) is 15.0. The van der Waals surface area contributed by atoms with Crippen LogP contribution >= 0.6 is 0 Å². The number of hydrogen-bond acceptors (Lipinski definition) is 3. The molecule has 0 aliphatic carbocycles. The van der Waals surface area contributed by atoms with E-state index in [-0.39, 0.29) is 5.91 Å². The van der Waals surface area contributed by atoms with Crippen molar-refractivity contribution in [3.63, 3.8) is 0 Å². The summed E-state index contributed by atoms with van der Waals surface area (Å²) in [6.45, 7) is 23.2. The molecule has 0 aromatic carbocycles. The summed E-state index contributed by atoms with van der Waals surface area (Å²) in [6.07, 6.45) is 8.42. The van der Waals surface area contributed by atoms with E-state index >= 15 is 0 Å². The molecule has 3 aromatic heterocycles. The summed E-state index contributed by atoms with van der Waals surface area (Å²) in [4.78, 5) is 30.0. The molecule has 0 spiro atoms. The van der Waals surface area contributed by atoms with Gasteiger partial charge in [0.1, 0.15) is 0 Å². The highest BCUT2D eigenvalue weighted by atomic mass is 16.1. The van der Waals surface area contributed by atoms with Crippen LogP contribution in [0.15, 0.2) is 50.1 Å². The molecule has 0 atom stereocenters. The Morgan fingerprint density at radius 2 is 1.26 bits per heavy atom. The monoisotopic (exact) mass is 571 g/mol. The van der Waals surface area contributed by atoms with Crippen LogP contribution in [-0.2, 0) is 4.79 Å². The van der Waals surface area contributed by atoms with Gasteiger partial charge in [0.2, 0.25) is 5.91 Å². The number of fused-ring (bicyclic) bond motifs is 8. The molecule has 1 amide bonds. The summed E-state index contributed by atoms with van der Waals surface area (Å²) in [5.41, 5.74) is 16.3. The van der Waals surface area contributed by atoms with Crippen molar-refractivity contribution in [2.24, 2.45) is 0 Å². The van der Waals surface area contributed by atoms with E-state index < -0.39 is 0 Å². The minimum atomic E-state index is 0.0392. The van der Waals surface area contributed by atoms with E-state index in [1.54, 1.807) is 0 Å². The Bertz CT molecular complexity index is 1890. The van der Waals surface area contributed by atoms with Crippen LogP contribution in [0.4, 0.5) is 0 Å². The molecule has 3 N–H and O–H groups in total. The second kappa shape index (κ2) is 12.3. The van der Waals surface area contributed by atoms with Crippen molar-refractivity contribution in [1.29, 1.82) is 0 Å². The van der Waals surface area contributed by atoms with Gasteiger partial charge in [-0.2, -0.15) is 0 Å². The maximum atomic E-state index is 12.5. The van der Waals surface area contributed by atoms with Gasteiger partial charge in [0.15, 0.2) is 0 Å². The Morgan fingerprint density at radius 1 is 0.744 bits per heavy atom. The third kappa shape index (κ3) is 5.57. The number of carbonyl (C=O) groups is 1. The van der Waals surface area contributed by atoms with Gasteiger partial charge in [-0.25, -0.2) is 9.97 Å². The molecular weight excluding hydrogens is 530 g/mol. The highest BCUT2D eigenvalue weighted by Crippen LogP contribution is 2.38. The van der Waals surface area contributed by atoms with Crippen molar-refractivity contribution in [1.82, 2.24) is 25.3 Å². The summed E-state index contributed by atoms with van der Waals surface area (Å²) in [7, 11) is 0. The lowest BCUT2D eigenvalue weighted by Crippen LogP contribution is -2.22. The number of rotatable bonds is 9. The smallest absolute Gasteiger partial charge is 0.220 e. The zero-order chi connectivity index (χ0) is 30.8. The lowest BCUT2D eigenvalue weighted by molar-refractivity contribution is -0.120. The molecule has 0 saturated heterocycles. The Morgan fingerprint density at radius 3 is 1.79 bits per heavy atom. The Balaban J connectivity index is 1.89. The number of hydrogen-bond donors (Lipinski definition) is 3. The van der Waals surface area contributed by atoms with Crippen LogP contribution in [0.2, 0.25) is 0 Å². The van der Waals surface area contributed by atoms with Gasteiger partial charge in [-0.3, -0.25) is 4.79 Å². The minimum Gasteiger partial charge on any atom is -0.356 e. The van der Waals surface area contributed by atoms with Gasteiger partial charge in [-0.05, 0) is 112 Å². The minimum absolute atomic E-state index is 0.0392. The number of H-pyrrole nitrogens is 2. The normalized spacial score (nSPS) is 13.0. The molecule has 5 rings (SSSR count). The fourth-order valence-electron chi connectivity index (χ4n) is 6.07. The number of allylic oxidation sites excluding steroid dienone is 5. The van der Waals surface area contributed by atoms with Crippen LogP contribution in [0.3, 0.4) is 0 Å². The third-order valence-electron chi connectivity index (χ3n) is 8.62. The predicted molar refractivity (Wildman–Crippen MR) is 183 cm³/mol. The van der Waals surface area contributed by atoms with E-state index in [1.165, 1.54) is 5.57 Å². The highest BCUT2D eigenvalue weighted by Gasteiger charge is 2.22. The van der Waals surface area contributed by atoms with Gasteiger partial charge in [0.25, 0.3) is 0 Å². The van der Waals surface area contributed by atoms with Gasteiger partial charge in [-0.1, -0.05) is 31.4 Å². The van der Waals surface area contributed by atoms with Gasteiger partial charge in [-0.15, -0.1) is 6.58 Å².